The van der Waals surface area contributed by atoms with Crippen molar-refractivity contribution >= 4 is 11.3 Å². The van der Waals surface area contributed by atoms with Gasteiger partial charge in [0.1, 0.15) is 0 Å². The first kappa shape index (κ1) is 11.4. The lowest BCUT2D eigenvalue weighted by Crippen LogP contribution is -2.14. The lowest BCUT2D eigenvalue weighted by molar-refractivity contribution is 0.286. The van der Waals surface area contributed by atoms with E-state index in [4.69, 9.17) is 9.84 Å². The minimum atomic E-state index is 0.236. The summed E-state index contributed by atoms with van der Waals surface area (Å²) in [6.07, 6.45) is 2.61. The third kappa shape index (κ3) is 4.04. The number of nitrogens with one attached hydrogen (secondary N) is 1. The Morgan fingerprint density at radius 1 is 1.64 bits per heavy atom. The van der Waals surface area contributed by atoms with Crippen LogP contribution in [-0.2, 0) is 6.54 Å². The van der Waals surface area contributed by atoms with E-state index in [-0.39, 0.29) is 6.61 Å². The zero-order chi connectivity index (χ0) is 10.2. The lowest BCUT2D eigenvalue weighted by Gasteiger charge is -1.99. The van der Waals surface area contributed by atoms with E-state index in [2.05, 4.69) is 10.3 Å². The highest BCUT2D eigenvalue weighted by Crippen LogP contribution is 2.19. The standard InChI is InChI=1S/C9H16N2O2S/c1-2-13-9-11-7-8(14-9)6-10-4-3-5-12/h7,10,12H,2-6H2,1H3. The molecule has 5 heteroatoms. The molecule has 0 aliphatic carbocycles. The molecule has 0 amide bonds. The molecule has 1 aromatic heterocycles. The largest absolute Gasteiger partial charge is 0.470 e. The summed E-state index contributed by atoms with van der Waals surface area (Å²) in [5.74, 6) is 0. The Bertz CT molecular complexity index is 253. The van der Waals surface area contributed by atoms with Gasteiger partial charge in [-0.05, 0) is 19.9 Å². The van der Waals surface area contributed by atoms with E-state index in [0.29, 0.717) is 6.61 Å². The molecule has 0 saturated carbocycles. The van der Waals surface area contributed by atoms with Crippen LogP contribution < -0.4 is 10.1 Å². The fourth-order valence-electron chi connectivity index (χ4n) is 0.977. The molecule has 0 aliphatic heterocycles. The summed E-state index contributed by atoms with van der Waals surface area (Å²) >= 11 is 1.56. The van der Waals surface area contributed by atoms with E-state index in [1.165, 1.54) is 0 Å². The van der Waals surface area contributed by atoms with E-state index in [9.17, 15) is 0 Å². The molecule has 1 rings (SSSR count). The van der Waals surface area contributed by atoms with Crippen molar-refractivity contribution in [1.29, 1.82) is 0 Å². The first-order chi connectivity index (χ1) is 6.86. The highest BCUT2D eigenvalue weighted by atomic mass is 32.1. The highest BCUT2D eigenvalue weighted by molar-refractivity contribution is 7.13. The Balaban J connectivity index is 2.22. The van der Waals surface area contributed by atoms with Crippen LogP contribution in [0.25, 0.3) is 0 Å². The van der Waals surface area contributed by atoms with Crippen LogP contribution >= 0.6 is 11.3 Å². The van der Waals surface area contributed by atoms with Gasteiger partial charge in [0.05, 0.1) is 6.61 Å². The molecule has 4 nitrogen and oxygen atoms in total. The second kappa shape index (κ2) is 6.75. The van der Waals surface area contributed by atoms with Gasteiger partial charge in [-0.3, -0.25) is 0 Å². The molecule has 0 unspecified atom stereocenters. The molecule has 0 radical (unpaired) electrons. The van der Waals surface area contributed by atoms with Gasteiger partial charge < -0.3 is 15.2 Å². The van der Waals surface area contributed by atoms with E-state index in [1.54, 1.807) is 11.3 Å². The number of hydrogen-bond acceptors (Lipinski definition) is 5. The molecule has 1 heterocycles. The Morgan fingerprint density at radius 3 is 3.21 bits per heavy atom. The van der Waals surface area contributed by atoms with Crippen molar-refractivity contribution in [3.05, 3.63) is 11.1 Å². The molecule has 14 heavy (non-hydrogen) atoms. The molecular weight excluding hydrogens is 200 g/mol. The van der Waals surface area contributed by atoms with Crippen molar-refractivity contribution in [3.63, 3.8) is 0 Å². The van der Waals surface area contributed by atoms with Crippen molar-refractivity contribution in [2.75, 3.05) is 19.8 Å². The van der Waals surface area contributed by atoms with E-state index >= 15 is 0 Å². The fraction of sp³-hybridized carbons (Fsp3) is 0.667. The monoisotopic (exact) mass is 216 g/mol. The average molecular weight is 216 g/mol. The summed E-state index contributed by atoms with van der Waals surface area (Å²) in [5.41, 5.74) is 0. The molecule has 0 saturated heterocycles. The maximum atomic E-state index is 8.57. The summed E-state index contributed by atoms with van der Waals surface area (Å²) in [7, 11) is 0. The van der Waals surface area contributed by atoms with Crippen molar-refractivity contribution in [2.24, 2.45) is 0 Å². The number of nitrogens with zero attached hydrogens (tertiary/aromatic N) is 1. The van der Waals surface area contributed by atoms with Gasteiger partial charge in [-0.25, -0.2) is 4.98 Å². The van der Waals surface area contributed by atoms with Crippen molar-refractivity contribution in [2.45, 2.75) is 19.9 Å². The van der Waals surface area contributed by atoms with E-state index < -0.39 is 0 Å². The van der Waals surface area contributed by atoms with Crippen LogP contribution in [0.3, 0.4) is 0 Å². The molecular formula is C9H16N2O2S. The van der Waals surface area contributed by atoms with Crippen LogP contribution in [-0.4, -0.2) is 29.8 Å². The molecule has 0 bridgehead atoms. The number of hydrogen-bond donors (Lipinski definition) is 2. The Morgan fingerprint density at radius 2 is 2.50 bits per heavy atom. The van der Waals surface area contributed by atoms with Gasteiger partial charge in [0.2, 0.25) is 0 Å². The van der Waals surface area contributed by atoms with Gasteiger partial charge in [0, 0.05) is 24.2 Å². The Hall–Kier alpha value is -0.650. The van der Waals surface area contributed by atoms with Crippen LogP contribution in [0.5, 0.6) is 5.19 Å². The van der Waals surface area contributed by atoms with E-state index in [0.717, 1.165) is 29.6 Å². The number of thiazole rings is 1. The number of aliphatic hydroxyl groups is 1. The van der Waals surface area contributed by atoms with Gasteiger partial charge in [-0.2, -0.15) is 0 Å². The second-order valence-electron chi connectivity index (χ2n) is 2.78. The molecule has 0 fully saturated rings. The maximum Gasteiger partial charge on any atom is 0.273 e. The predicted molar refractivity (Wildman–Crippen MR) is 56.7 cm³/mol. The molecule has 0 atom stereocenters. The number of rotatable bonds is 7. The summed E-state index contributed by atoms with van der Waals surface area (Å²) in [6.45, 7) is 4.47. The van der Waals surface area contributed by atoms with Crippen LogP contribution in [0.4, 0.5) is 0 Å². The SMILES string of the molecule is CCOc1ncc(CNCCCO)s1. The molecule has 0 aromatic carbocycles. The molecule has 1 aromatic rings. The van der Waals surface area contributed by atoms with Crippen molar-refractivity contribution in [3.8, 4) is 5.19 Å². The van der Waals surface area contributed by atoms with Crippen LogP contribution in [0.2, 0.25) is 0 Å². The van der Waals surface area contributed by atoms with Gasteiger partial charge in [0.25, 0.3) is 5.19 Å². The van der Waals surface area contributed by atoms with Gasteiger partial charge in [0.15, 0.2) is 0 Å². The Labute approximate surface area is 87.9 Å². The van der Waals surface area contributed by atoms with Gasteiger partial charge in [-0.1, -0.05) is 11.3 Å². The summed E-state index contributed by atoms with van der Waals surface area (Å²) in [4.78, 5) is 5.27. The third-order valence-corrected chi connectivity index (χ3v) is 2.52. The summed E-state index contributed by atoms with van der Waals surface area (Å²) < 4.78 is 5.25. The number of aromatic nitrogens is 1. The minimum Gasteiger partial charge on any atom is -0.470 e. The highest BCUT2D eigenvalue weighted by Gasteiger charge is 2.00. The van der Waals surface area contributed by atoms with Crippen molar-refractivity contribution < 1.29 is 9.84 Å². The van der Waals surface area contributed by atoms with Gasteiger partial charge >= 0.3 is 0 Å². The van der Waals surface area contributed by atoms with Crippen LogP contribution in [0.15, 0.2) is 6.20 Å². The van der Waals surface area contributed by atoms with Crippen molar-refractivity contribution in [1.82, 2.24) is 10.3 Å². The number of ether oxygens (including phenoxy) is 1. The topological polar surface area (TPSA) is 54.4 Å². The first-order valence-electron chi connectivity index (χ1n) is 4.76. The van der Waals surface area contributed by atoms with Crippen LogP contribution in [0, 0.1) is 0 Å². The molecule has 2 N–H and O–H groups in total. The zero-order valence-electron chi connectivity index (χ0n) is 8.32. The van der Waals surface area contributed by atoms with E-state index in [1.807, 2.05) is 13.1 Å². The minimum absolute atomic E-state index is 0.236. The zero-order valence-corrected chi connectivity index (χ0v) is 9.14. The molecule has 0 spiro atoms. The Kier molecular flexibility index (Phi) is 5.51. The first-order valence-corrected chi connectivity index (χ1v) is 5.57. The number of aliphatic hydroxyl groups excluding tert-OH is 1. The molecule has 0 aliphatic rings. The summed E-state index contributed by atoms with van der Waals surface area (Å²) in [5, 5.41) is 12.5. The maximum absolute atomic E-state index is 8.57. The quantitative estimate of drug-likeness (QED) is 0.668. The summed E-state index contributed by atoms with van der Waals surface area (Å²) in [6, 6.07) is 0. The van der Waals surface area contributed by atoms with Gasteiger partial charge in [-0.15, -0.1) is 0 Å². The van der Waals surface area contributed by atoms with Crippen LogP contribution in [0.1, 0.15) is 18.2 Å². The average Bonchev–Trinajstić information content (AvgIpc) is 2.61. The lowest BCUT2D eigenvalue weighted by atomic mass is 10.4. The normalized spacial score (nSPS) is 10.4. The fourth-order valence-corrected chi connectivity index (χ4v) is 1.76. The molecule has 80 valence electrons. The smallest absolute Gasteiger partial charge is 0.273 e. The predicted octanol–water partition coefficient (Wildman–Crippen LogP) is 1.01. The second-order valence-corrected chi connectivity index (χ2v) is 3.86. The third-order valence-electron chi connectivity index (χ3n) is 1.61.